The maximum atomic E-state index is 14.2. The number of thiazole rings is 3. The number of nitrogens with zero attached hydrogens (tertiary/aromatic N) is 7. The molecule has 1 saturated heterocycles. The van der Waals surface area contributed by atoms with Crippen molar-refractivity contribution in [3.05, 3.63) is 187 Å². The molecule has 3 aromatic heterocycles. The number of rotatable bonds is 14. The van der Waals surface area contributed by atoms with Crippen molar-refractivity contribution < 1.29 is 55.7 Å². The fourth-order valence-electron chi connectivity index (χ4n) is 9.02. The lowest BCUT2D eigenvalue weighted by Crippen LogP contribution is -2.53. The first-order valence-corrected chi connectivity index (χ1v) is 29.5. The molecule has 0 bridgehead atoms. The van der Waals surface area contributed by atoms with E-state index in [2.05, 4.69) is 45.9 Å². The Kier molecular flexibility index (Phi) is 23.1. The number of aromatic nitrogens is 3. The summed E-state index contributed by atoms with van der Waals surface area (Å²) in [5, 5.41) is 26.7. The van der Waals surface area contributed by atoms with Gasteiger partial charge in [-0.15, -0.1) is 51.0 Å². The molecule has 7 heterocycles. The summed E-state index contributed by atoms with van der Waals surface area (Å²) in [6.45, 7) is 8.65. The fourth-order valence-corrected chi connectivity index (χ4v) is 11.6. The van der Waals surface area contributed by atoms with Crippen molar-refractivity contribution in [3.8, 4) is 0 Å². The summed E-state index contributed by atoms with van der Waals surface area (Å²) in [6, 6.07) is 9.43. The van der Waals surface area contributed by atoms with Gasteiger partial charge >= 0.3 is 17.9 Å². The van der Waals surface area contributed by atoms with Crippen LogP contribution in [0.15, 0.2) is 138 Å². The van der Waals surface area contributed by atoms with E-state index in [-0.39, 0.29) is 77.0 Å². The molecule has 4 aliphatic heterocycles. The van der Waals surface area contributed by atoms with Gasteiger partial charge in [0.2, 0.25) is 0 Å². The molecule has 85 heavy (non-hydrogen) atoms. The number of piperidine rings is 1. The quantitative estimate of drug-likeness (QED) is 0.0454. The van der Waals surface area contributed by atoms with Crippen LogP contribution in [0.4, 0.5) is 22.0 Å². The third kappa shape index (κ3) is 15.9. The van der Waals surface area contributed by atoms with Gasteiger partial charge in [0.25, 0.3) is 5.92 Å². The molecule has 3 aromatic carbocycles. The van der Waals surface area contributed by atoms with Gasteiger partial charge in [-0.2, -0.15) is 0 Å². The van der Waals surface area contributed by atoms with Crippen LogP contribution in [0.2, 0.25) is 15.1 Å². The zero-order chi connectivity index (χ0) is 60.4. The molecule has 4 N–H and O–H groups in total. The van der Waals surface area contributed by atoms with Crippen LogP contribution in [0, 0.1) is 17.5 Å². The van der Waals surface area contributed by atoms with Crippen LogP contribution in [0.1, 0.15) is 90.9 Å². The first-order chi connectivity index (χ1) is 40.2. The molecule has 10 rings (SSSR count). The number of allylic oxidation sites excluding steroid dienone is 2. The summed E-state index contributed by atoms with van der Waals surface area (Å²) in [7, 11) is 0. The Hall–Kier alpha value is -6.49. The maximum Gasteiger partial charge on any atom is 0.338 e. The molecule has 29 heteroatoms. The minimum Gasteiger partial charge on any atom is -0.463 e. The number of aliphatic hydroxyl groups excluding tert-OH is 1. The number of amidine groups is 3. The van der Waals surface area contributed by atoms with Crippen molar-refractivity contribution in [3.63, 3.8) is 0 Å². The molecule has 0 radical (unpaired) electrons. The standard InChI is InChI=1S/C22H22ClF3N4O3S.2C17H15ClFN3O2S.BrH/c1-2-33-21(32)17-15(10-30-7-5-16(31)22(25,26)11-30)28-19(20-27-6-8-34-20)29-18(17)13-4-3-12(24)9-14(13)23;2*1-3-24-17(23)13-9(2)21-15(16-20-6-7-25-16)22-14(13)11-5-4-10(19)8-12(11)18;/h3-4,6,8-9,16,18,31H,2,5,7,10-11H2,1H3,(H,28,29);2*4-8,14H,3H2,1-2H3,(H,21,22);1H/t16?,18-;2*14-;/m000./s1. The van der Waals surface area contributed by atoms with Crippen molar-refractivity contribution in [1.82, 2.24) is 35.8 Å². The minimum absolute atomic E-state index is 0. The largest absolute Gasteiger partial charge is 0.463 e. The third-order valence-electron chi connectivity index (χ3n) is 12.8. The predicted octanol–water partition coefficient (Wildman–Crippen LogP) is 11.9. The lowest BCUT2D eigenvalue weighted by Gasteiger charge is -2.37. The molecular formula is C56H53BrCl3F5N10O7S3. The Bertz CT molecular complexity index is 3450. The van der Waals surface area contributed by atoms with E-state index in [0.29, 0.717) is 77.5 Å². The van der Waals surface area contributed by atoms with E-state index < -0.39 is 72.1 Å². The number of hydrogen-bond acceptors (Lipinski definition) is 20. The molecule has 0 saturated carbocycles. The zero-order valence-electron chi connectivity index (χ0n) is 45.6. The SMILES string of the molecule is Br.CCOC(=O)C1=C(C)NC(c2nccs2)=N[C@H]1c1ccc(F)cc1Cl.CCOC(=O)C1=C(C)NC(c2nccs2)=N[C@H]1c1ccc(F)cc1Cl.CCOC(=O)C1=C(CN2CCC(O)C(F)(F)C2)NC(c2nccs2)=N[C@H]1c1ccc(F)cc1Cl. The van der Waals surface area contributed by atoms with Crippen molar-refractivity contribution >= 4 is 121 Å². The highest BCUT2D eigenvalue weighted by Gasteiger charge is 2.45. The van der Waals surface area contributed by atoms with Crippen molar-refractivity contribution in [1.29, 1.82) is 0 Å². The molecule has 0 aliphatic carbocycles. The number of aliphatic hydroxyl groups is 1. The molecule has 0 spiro atoms. The van der Waals surface area contributed by atoms with E-state index in [9.17, 15) is 41.4 Å². The van der Waals surface area contributed by atoms with Crippen LogP contribution < -0.4 is 16.0 Å². The lowest BCUT2D eigenvalue weighted by molar-refractivity contribution is -0.148. The Balaban J connectivity index is 0.000000185. The molecule has 1 fully saturated rings. The molecule has 0 amide bonds. The summed E-state index contributed by atoms with van der Waals surface area (Å²) in [5.74, 6) is -5.02. The molecule has 4 aliphatic rings. The third-order valence-corrected chi connectivity index (χ3v) is 16.1. The first-order valence-electron chi connectivity index (χ1n) is 25.7. The number of halogens is 9. The van der Waals surface area contributed by atoms with Crippen LogP contribution in [0.25, 0.3) is 0 Å². The van der Waals surface area contributed by atoms with Gasteiger partial charge in [0.1, 0.15) is 41.7 Å². The highest BCUT2D eigenvalue weighted by Crippen LogP contribution is 2.40. The van der Waals surface area contributed by atoms with E-state index in [1.54, 1.807) is 58.6 Å². The minimum atomic E-state index is -3.29. The van der Waals surface area contributed by atoms with Gasteiger partial charge in [-0.3, -0.25) is 19.9 Å². The van der Waals surface area contributed by atoms with Gasteiger partial charge in [-0.1, -0.05) is 53.0 Å². The molecule has 450 valence electrons. The smallest absolute Gasteiger partial charge is 0.338 e. The molecule has 17 nitrogen and oxygen atoms in total. The number of esters is 3. The number of carbonyl (C=O) groups is 3. The van der Waals surface area contributed by atoms with Crippen LogP contribution in [-0.2, 0) is 28.6 Å². The first kappa shape index (κ1) is 66.0. The number of benzene rings is 3. The summed E-state index contributed by atoms with van der Waals surface area (Å²) < 4.78 is 84.6. The van der Waals surface area contributed by atoms with Gasteiger partial charge in [0.15, 0.2) is 32.5 Å². The lowest BCUT2D eigenvalue weighted by atomic mass is 9.94. The number of alkyl halides is 2. The number of ether oxygens (including phenoxy) is 3. The van der Waals surface area contributed by atoms with Gasteiger partial charge in [-0.05, 0) is 77.4 Å². The summed E-state index contributed by atoms with van der Waals surface area (Å²) >= 11 is 22.9. The number of carbonyl (C=O) groups excluding carboxylic acids is 3. The van der Waals surface area contributed by atoms with Gasteiger partial charge in [0, 0.05) is 96.7 Å². The Morgan fingerprint density at radius 3 is 1.29 bits per heavy atom. The average molecular weight is 1360 g/mol. The molecular weight excluding hydrogens is 1300 g/mol. The van der Waals surface area contributed by atoms with E-state index in [1.165, 1.54) is 87.4 Å². The second-order valence-corrected chi connectivity index (χ2v) is 22.3. The second-order valence-electron chi connectivity index (χ2n) is 18.4. The van der Waals surface area contributed by atoms with Crippen molar-refractivity contribution in [2.24, 2.45) is 15.0 Å². The number of nitrogens with one attached hydrogen (secondary N) is 3. The monoisotopic (exact) mass is 1350 g/mol. The molecule has 6 aromatic rings. The molecule has 1 unspecified atom stereocenters. The predicted molar refractivity (Wildman–Crippen MR) is 322 cm³/mol. The van der Waals surface area contributed by atoms with Gasteiger partial charge in [-0.25, -0.2) is 51.3 Å². The molecule has 4 atom stereocenters. The van der Waals surface area contributed by atoms with Crippen molar-refractivity contribution in [2.75, 3.05) is 39.5 Å². The zero-order valence-corrected chi connectivity index (χ0v) is 52.0. The summed E-state index contributed by atoms with van der Waals surface area (Å²) in [6.07, 6.45) is 3.09. The Morgan fingerprint density at radius 1 is 0.612 bits per heavy atom. The summed E-state index contributed by atoms with van der Waals surface area (Å²) in [4.78, 5) is 66.0. The van der Waals surface area contributed by atoms with Gasteiger partial charge < -0.3 is 35.3 Å². The maximum absolute atomic E-state index is 14.2. The van der Waals surface area contributed by atoms with Gasteiger partial charge in [0.05, 0.1) is 43.1 Å². The Labute approximate surface area is 522 Å². The Morgan fingerprint density at radius 2 is 0.965 bits per heavy atom. The van der Waals surface area contributed by atoms with Crippen molar-refractivity contribution in [2.45, 2.75) is 71.2 Å². The second kappa shape index (κ2) is 29.7. The van der Waals surface area contributed by atoms with Crippen LogP contribution in [0.3, 0.4) is 0 Å². The number of likely N-dealkylation sites (tertiary alicyclic amines) is 1. The fraction of sp³-hybridized carbons (Fsp3) is 0.304. The average Bonchev–Trinajstić information content (AvgIpc) is 3.86. The highest BCUT2D eigenvalue weighted by atomic mass is 79.9. The number of hydrogen-bond donors (Lipinski definition) is 4. The van der Waals surface area contributed by atoms with Crippen LogP contribution in [-0.4, -0.2) is 112 Å². The van der Waals surface area contributed by atoms with Crippen LogP contribution >= 0.6 is 85.8 Å². The number of aliphatic imine (C=N–C) groups is 3. The highest BCUT2D eigenvalue weighted by molar-refractivity contribution is 8.93. The summed E-state index contributed by atoms with van der Waals surface area (Å²) in [5.41, 5.74) is 3.70. The van der Waals surface area contributed by atoms with E-state index in [1.807, 2.05) is 10.8 Å². The van der Waals surface area contributed by atoms with E-state index in [4.69, 9.17) is 49.0 Å². The van der Waals surface area contributed by atoms with E-state index in [0.717, 1.165) is 6.07 Å². The van der Waals surface area contributed by atoms with E-state index >= 15 is 0 Å². The topological polar surface area (TPSA) is 214 Å². The van der Waals surface area contributed by atoms with Crippen LogP contribution in [0.5, 0.6) is 0 Å². The normalized spacial score (nSPS) is 19.2.